The van der Waals surface area contributed by atoms with Crippen molar-refractivity contribution in [2.24, 2.45) is 29.2 Å². The molecule has 3 aliphatic rings. The van der Waals surface area contributed by atoms with Gasteiger partial charge >= 0.3 is 0 Å². The first-order valence-corrected chi connectivity index (χ1v) is 12.7. The summed E-state index contributed by atoms with van der Waals surface area (Å²) >= 11 is 0. The second kappa shape index (κ2) is 9.96. The lowest BCUT2D eigenvalue weighted by molar-refractivity contribution is 0.149. The first-order chi connectivity index (χ1) is 14.1. The minimum Gasteiger partial charge on any atom is -0.328 e. The summed E-state index contributed by atoms with van der Waals surface area (Å²) in [5, 5.41) is 0. The average molecular weight is 397 g/mol. The van der Waals surface area contributed by atoms with Crippen molar-refractivity contribution < 1.29 is 0 Å². The van der Waals surface area contributed by atoms with Gasteiger partial charge in [-0.2, -0.15) is 0 Å². The Kier molecular flexibility index (Phi) is 7.34. The molecular formula is C27H44N2. The van der Waals surface area contributed by atoms with Crippen molar-refractivity contribution >= 4 is 0 Å². The van der Waals surface area contributed by atoms with Gasteiger partial charge < -0.3 is 11.5 Å². The standard InChI is InChI=1S/C27H44N2/c1-2-27(29)25-13-11-23(12-14-25)21-5-3-19(4-6-21)20-7-9-22(10-8-20)24-15-17-26(28)18-16-24/h7-10,19,21,23-27H,2-6,11-18,28-29H2,1H3. The van der Waals surface area contributed by atoms with Crippen LogP contribution in [0.3, 0.4) is 0 Å². The highest BCUT2D eigenvalue weighted by molar-refractivity contribution is 5.28. The molecule has 162 valence electrons. The van der Waals surface area contributed by atoms with E-state index in [1.807, 2.05) is 0 Å². The van der Waals surface area contributed by atoms with E-state index in [0.717, 1.165) is 36.0 Å². The van der Waals surface area contributed by atoms with Crippen LogP contribution in [0.1, 0.15) is 113 Å². The number of rotatable bonds is 5. The Morgan fingerprint density at radius 1 is 0.690 bits per heavy atom. The van der Waals surface area contributed by atoms with Gasteiger partial charge in [0.2, 0.25) is 0 Å². The Morgan fingerprint density at radius 3 is 1.55 bits per heavy atom. The van der Waals surface area contributed by atoms with Crippen molar-refractivity contribution in [1.82, 2.24) is 0 Å². The molecule has 3 saturated carbocycles. The Morgan fingerprint density at radius 2 is 1.10 bits per heavy atom. The second-order valence-corrected chi connectivity index (χ2v) is 10.6. The lowest BCUT2D eigenvalue weighted by atomic mass is 9.67. The lowest BCUT2D eigenvalue weighted by Gasteiger charge is -2.39. The fourth-order valence-corrected chi connectivity index (χ4v) is 6.79. The van der Waals surface area contributed by atoms with Crippen molar-refractivity contribution in [1.29, 1.82) is 0 Å². The van der Waals surface area contributed by atoms with Gasteiger partial charge in [-0.25, -0.2) is 0 Å². The summed E-state index contributed by atoms with van der Waals surface area (Å²) in [7, 11) is 0. The van der Waals surface area contributed by atoms with Gasteiger partial charge in [-0.1, -0.05) is 31.2 Å². The first-order valence-electron chi connectivity index (χ1n) is 12.7. The molecule has 3 aliphatic carbocycles. The highest BCUT2D eigenvalue weighted by atomic mass is 14.6. The molecule has 3 fully saturated rings. The number of nitrogens with two attached hydrogens (primary N) is 2. The van der Waals surface area contributed by atoms with Crippen molar-refractivity contribution in [3.05, 3.63) is 35.4 Å². The summed E-state index contributed by atoms with van der Waals surface area (Å²) in [5.41, 5.74) is 15.5. The molecule has 0 saturated heterocycles. The second-order valence-electron chi connectivity index (χ2n) is 10.6. The highest BCUT2D eigenvalue weighted by Gasteiger charge is 2.32. The zero-order valence-corrected chi connectivity index (χ0v) is 18.7. The van der Waals surface area contributed by atoms with E-state index in [4.69, 9.17) is 11.5 Å². The third-order valence-electron chi connectivity index (χ3n) is 8.98. The van der Waals surface area contributed by atoms with Gasteiger partial charge in [-0.3, -0.25) is 0 Å². The molecule has 0 aromatic heterocycles. The summed E-state index contributed by atoms with van der Waals surface area (Å²) in [4.78, 5) is 0. The van der Waals surface area contributed by atoms with Gasteiger partial charge in [0.05, 0.1) is 0 Å². The van der Waals surface area contributed by atoms with Gasteiger partial charge in [-0.05, 0) is 124 Å². The molecule has 0 spiro atoms. The normalized spacial score (nSPS) is 37.2. The molecule has 1 aromatic carbocycles. The molecule has 0 bridgehead atoms. The van der Waals surface area contributed by atoms with Crippen LogP contribution >= 0.6 is 0 Å². The molecule has 4 rings (SSSR count). The third-order valence-corrected chi connectivity index (χ3v) is 8.98. The van der Waals surface area contributed by atoms with Crippen LogP contribution in [-0.2, 0) is 0 Å². The number of hydrogen-bond acceptors (Lipinski definition) is 2. The lowest BCUT2D eigenvalue weighted by Crippen LogP contribution is -2.34. The number of hydrogen-bond donors (Lipinski definition) is 2. The molecule has 0 heterocycles. The Labute approximate surface area is 179 Å². The fourth-order valence-electron chi connectivity index (χ4n) is 6.79. The maximum absolute atomic E-state index is 6.31. The van der Waals surface area contributed by atoms with Crippen molar-refractivity contribution in [2.45, 2.75) is 114 Å². The minimum atomic E-state index is 0.444. The fraction of sp³-hybridized carbons (Fsp3) is 0.778. The molecule has 2 heteroatoms. The van der Waals surface area contributed by atoms with Crippen LogP contribution in [-0.4, -0.2) is 12.1 Å². The molecule has 0 aliphatic heterocycles. The monoisotopic (exact) mass is 396 g/mol. The van der Waals surface area contributed by atoms with E-state index in [9.17, 15) is 0 Å². The van der Waals surface area contributed by atoms with Gasteiger partial charge in [0.1, 0.15) is 0 Å². The molecule has 0 radical (unpaired) electrons. The number of benzene rings is 1. The quantitative estimate of drug-likeness (QED) is 0.597. The molecule has 4 N–H and O–H groups in total. The maximum atomic E-state index is 6.31. The smallest absolute Gasteiger partial charge is 0.00645 e. The van der Waals surface area contributed by atoms with Crippen molar-refractivity contribution in [2.75, 3.05) is 0 Å². The molecule has 1 unspecified atom stereocenters. The van der Waals surface area contributed by atoms with Crippen LogP contribution in [0.4, 0.5) is 0 Å². The van der Waals surface area contributed by atoms with Crippen LogP contribution in [0.2, 0.25) is 0 Å². The van der Waals surface area contributed by atoms with E-state index in [1.165, 1.54) is 77.0 Å². The Bertz CT molecular complexity index is 600. The molecular weight excluding hydrogens is 352 g/mol. The summed E-state index contributed by atoms with van der Waals surface area (Å²) in [6.45, 7) is 2.25. The Hall–Kier alpha value is -0.860. The molecule has 0 amide bonds. The van der Waals surface area contributed by atoms with Crippen LogP contribution < -0.4 is 11.5 Å². The van der Waals surface area contributed by atoms with Gasteiger partial charge in [-0.15, -0.1) is 0 Å². The van der Waals surface area contributed by atoms with E-state index in [-0.39, 0.29) is 0 Å². The summed E-state index contributed by atoms with van der Waals surface area (Å²) < 4.78 is 0. The van der Waals surface area contributed by atoms with Crippen LogP contribution in [0.25, 0.3) is 0 Å². The van der Waals surface area contributed by atoms with E-state index in [1.54, 1.807) is 11.1 Å². The molecule has 1 atom stereocenters. The van der Waals surface area contributed by atoms with Crippen LogP contribution in [0.15, 0.2) is 24.3 Å². The summed E-state index contributed by atoms with van der Waals surface area (Å²) in [6, 6.07) is 10.7. The van der Waals surface area contributed by atoms with Gasteiger partial charge in [0, 0.05) is 12.1 Å². The largest absolute Gasteiger partial charge is 0.328 e. The Balaban J connectivity index is 1.24. The minimum absolute atomic E-state index is 0.444. The van der Waals surface area contributed by atoms with E-state index in [2.05, 4.69) is 31.2 Å². The molecule has 2 nitrogen and oxygen atoms in total. The van der Waals surface area contributed by atoms with Crippen molar-refractivity contribution in [3.63, 3.8) is 0 Å². The highest BCUT2D eigenvalue weighted by Crippen LogP contribution is 2.44. The van der Waals surface area contributed by atoms with E-state index < -0.39 is 0 Å². The molecule has 29 heavy (non-hydrogen) atoms. The third kappa shape index (κ3) is 5.25. The van der Waals surface area contributed by atoms with Crippen LogP contribution in [0.5, 0.6) is 0 Å². The zero-order chi connectivity index (χ0) is 20.2. The first kappa shape index (κ1) is 21.4. The summed E-state index contributed by atoms with van der Waals surface area (Å²) in [6.07, 6.45) is 17.4. The van der Waals surface area contributed by atoms with Gasteiger partial charge in [0.25, 0.3) is 0 Å². The SMILES string of the molecule is CCC(N)C1CCC(C2CCC(c3ccc(C4CCC(N)CC4)cc3)CC2)CC1. The topological polar surface area (TPSA) is 52.0 Å². The van der Waals surface area contributed by atoms with Gasteiger partial charge in [0.15, 0.2) is 0 Å². The maximum Gasteiger partial charge on any atom is 0.00645 e. The zero-order valence-electron chi connectivity index (χ0n) is 18.7. The van der Waals surface area contributed by atoms with Crippen LogP contribution in [0, 0.1) is 17.8 Å². The predicted molar refractivity (Wildman–Crippen MR) is 124 cm³/mol. The van der Waals surface area contributed by atoms with E-state index >= 15 is 0 Å². The van der Waals surface area contributed by atoms with E-state index in [0.29, 0.717) is 12.1 Å². The van der Waals surface area contributed by atoms with Crippen molar-refractivity contribution in [3.8, 4) is 0 Å². The average Bonchev–Trinajstić information content (AvgIpc) is 2.79. The molecule has 1 aromatic rings. The summed E-state index contributed by atoms with van der Waals surface area (Å²) in [5.74, 6) is 4.30. The predicted octanol–water partition coefficient (Wildman–Crippen LogP) is 6.49.